The SMILES string of the molecule is CCCC1SCC(C(=O)O)N1C(=O)CN1C(=O)CNC1=O. The maximum atomic E-state index is 12.4. The fourth-order valence-corrected chi connectivity index (χ4v) is 3.92. The maximum absolute atomic E-state index is 12.4. The minimum Gasteiger partial charge on any atom is -0.480 e. The third kappa shape index (κ3) is 3.12. The van der Waals surface area contributed by atoms with E-state index in [1.165, 1.54) is 16.7 Å². The Bertz CT molecular complexity index is 468. The van der Waals surface area contributed by atoms with Gasteiger partial charge < -0.3 is 15.3 Å². The number of carboxylic acids is 1. The van der Waals surface area contributed by atoms with E-state index >= 15 is 0 Å². The number of aliphatic carboxylic acids is 1. The number of rotatable bonds is 5. The van der Waals surface area contributed by atoms with Gasteiger partial charge in [-0.1, -0.05) is 13.3 Å². The van der Waals surface area contributed by atoms with Crippen molar-refractivity contribution in [1.82, 2.24) is 15.1 Å². The molecule has 0 saturated carbocycles. The summed E-state index contributed by atoms with van der Waals surface area (Å²) >= 11 is 1.42. The lowest BCUT2D eigenvalue weighted by Crippen LogP contribution is -2.50. The lowest BCUT2D eigenvalue weighted by molar-refractivity contribution is -0.149. The number of imide groups is 1. The van der Waals surface area contributed by atoms with E-state index in [1.54, 1.807) is 0 Å². The largest absolute Gasteiger partial charge is 0.480 e. The first-order chi connectivity index (χ1) is 9.95. The van der Waals surface area contributed by atoms with Crippen LogP contribution in [-0.2, 0) is 14.4 Å². The lowest BCUT2D eigenvalue weighted by Gasteiger charge is -2.28. The van der Waals surface area contributed by atoms with Crippen LogP contribution in [0.25, 0.3) is 0 Å². The summed E-state index contributed by atoms with van der Waals surface area (Å²) in [6.07, 6.45) is 1.50. The number of amides is 4. The van der Waals surface area contributed by atoms with Crippen molar-refractivity contribution in [2.75, 3.05) is 18.8 Å². The molecule has 2 aliphatic rings. The Labute approximate surface area is 125 Å². The number of nitrogens with zero attached hydrogens (tertiary/aromatic N) is 2. The summed E-state index contributed by atoms with van der Waals surface area (Å²) in [5, 5.41) is 11.3. The summed E-state index contributed by atoms with van der Waals surface area (Å²) in [5.41, 5.74) is 0. The quantitative estimate of drug-likeness (QED) is 0.674. The zero-order chi connectivity index (χ0) is 15.6. The number of carbonyl (C=O) groups is 4. The van der Waals surface area contributed by atoms with E-state index in [4.69, 9.17) is 0 Å². The van der Waals surface area contributed by atoms with E-state index < -0.39 is 36.4 Å². The normalized spacial score (nSPS) is 25.4. The van der Waals surface area contributed by atoms with Crippen LogP contribution in [0.15, 0.2) is 0 Å². The van der Waals surface area contributed by atoms with Gasteiger partial charge in [0, 0.05) is 5.75 Å². The zero-order valence-electron chi connectivity index (χ0n) is 11.6. The van der Waals surface area contributed by atoms with Crippen LogP contribution in [0.1, 0.15) is 19.8 Å². The predicted octanol–water partition coefficient (Wildman–Crippen LogP) is -0.307. The summed E-state index contributed by atoms with van der Waals surface area (Å²) in [4.78, 5) is 48.7. The molecule has 0 aromatic carbocycles. The maximum Gasteiger partial charge on any atom is 0.327 e. The zero-order valence-corrected chi connectivity index (χ0v) is 12.4. The molecule has 4 amide bonds. The van der Waals surface area contributed by atoms with Gasteiger partial charge in [-0.05, 0) is 6.42 Å². The van der Waals surface area contributed by atoms with Gasteiger partial charge >= 0.3 is 12.0 Å². The van der Waals surface area contributed by atoms with Crippen LogP contribution in [-0.4, -0.2) is 69.0 Å². The average molecular weight is 315 g/mol. The van der Waals surface area contributed by atoms with Crippen molar-refractivity contribution >= 4 is 35.6 Å². The summed E-state index contributed by atoms with van der Waals surface area (Å²) in [5.74, 6) is -1.71. The second-order valence-electron chi connectivity index (χ2n) is 4.87. The highest BCUT2D eigenvalue weighted by Gasteiger charge is 2.42. The van der Waals surface area contributed by atoms with Crippen molar-refractivity contribution in [3.63, 3.8) is 0 Å². The predicted molar refractivity (Wildman–Crippen MR) is 74.5 cm³/mol. The van der Waals surface area contributed by atoms with Gasteiger partial charge in [0.05, 0.1) is 11.9 Å². The second-order valence-corrected chi connectivity index (χ2v) is 6.08. The molecule has 0 aromatic rings. The Morgan fingerprint density at radius 3 is 2.67 bits per heavy atom. The first-order valence-electron chi connectivity index (χ1n) is 6.69. The van der Waals surface area contributed by atoms with Gasteiger partial charge in [-0.2, -0.15) is 0 Å². The highest BCUT2D eigenvalue weighted by molar-refractivity contribution is 8.00. The average Bonchev–Trinajstić information content (AvgIpc) is 2.97. The van der Waals surface area contributed by atoms with Crippen molar-refractivity contribution < 1.29 is 24.3 Å². The Kier molecular flexibility index (Phi) is 4.71. The van der Waals surface area contributed by atoms with Crippen LogP contribution in [0.3, 0.4) is 0 Å². The molecule has 0 spiro atoms. The van der Waals surface area contributed by atoms with Crippen LogP contribution >= 0.6 is 11.8 Å². The molecule has 2 saturated heterocycles. The number of hydrogen-bond acceptors (Lipinski definition) is 5. The van der Waals surface area contributed by atoms with E-state index in [2.05, 4.69) is 5.32 Å². The number of carboxylic acid groups (broad SMARTS) is 1. The number of nitrogens with one attached hydrogen (secondary N) is 1. The van der Waals surface area contributed by atoms with E-state index in [0.29, 0.717) is 12.2 Å². The minimum atomic E-state index is -1.06. The summed E-state index contributed by atoms with van der Waals surface area (Å²) in [6.45, 7) is 1.42. The standard InChI is InChI=1S/C12H17N3O5S/c1-2-3-10-15(7(6-21-10)11(18)19)9(17)5-14-8(16)4-13-12(14)20/h7,10H,2-6H2,1H3,(H,13,20)(H,18,19). The molecule has 0 bridgehead atoms. The van der Waals surface area contributed by atoms with Crippen LogP contribution < -0.4 is 5.32 Å². The molecule has 2 atom stereocenters. The molecule has 8 nitrogen and oxygen atoms in total. The van der Waals surface area contributed by atoms with Gasteiger partial charge in [-0.15, -0.1) is 11.8 Å². The summed E-state index contributed by atoms with van der Waals surface area (Å²) in [6, 6.07) is -1.51. The smallest absolute Gasteiger partial charge is 0.327 e. The molecule has 2 N–H and O–H groups in total. The monoisotopic (exact) mass is 315 g/mol. The molecule has 21 heavy (non-hydrogen) atoms. The van der Waals surface area contributed by atoms with E-state index in [1.807, 2.05) is 6.92 Å². The van der Waals surface area contributed by atoms with Gasteiger partial charge in [0.15, 0.2) is 0 Å². The van der Waals surface area contributed by atoms with Crippen molar-refractivity contribution in [1.29, 1.82) is 0 Å². The first-order valence-corrected chi connectivity index (χ1v) is 7.74. The molecule has 0 aromatic heterocycles. The summed E-state index contributed by atoms with van der Waals surface area (Å²) in [7, 11) is 0. The van der Waals surface area contributed by atoms with Crippen molar-refractivity contribution in [2.24, 2.45) is 0 Å². The van der Waals surface area contributed by atoms with E-state index in [-0.39, 0.29) is 11.9 Å². The second kappa shape index (κ2) is 6.33. The summed E-state index contributed by atoms with van der Waals surface area (Å²) < 4.78 is 0. The Morgan fingerprint density at radius 2 is 2.14 bits per heavy atom. The van der Waals surface area contributed by atoms with Crippen LogP contribution in [0.5, 0.6) is 0 Å². The number of carbonyl (C=O) groups excluding carboxylic acids is 3. The fourth-order valence-electron chi connectivity index (χ4n) is 2.39. The van der Waals surface area contributed by atoms with Gasteiger partial charge in [0.25, 0.3) is 5.91 Å². The van der Waals surface area contributed by atoms with Crippen LogP contribution in [0.2, 0.25) is 0 Å². The minimum absolute atomic E-state index is 0.123. The molecule has 2 unspecified atom stereocenters. The molecule has 0 radical (unpaired) electrons. The molecular weight excluding hydrogens is 298 g/mol. The van der Waals surface area contributed by atoms with Gasteiger partial charge in [0.1, 0.15) is 12.6 Å². The number of urea groups is 1. The van der Waals surface area contributed by atoms with Crippen molar-refractivity contribution in [3.05, 3.63) is 0 Å². The molecule has 2 rings (SSSR count). The Morgan fingerprint density at radius 1 is 1.43 bits per heavy atom. The fraction of sp³-hybridized carbons (Fsp3) is 0.667. The molecular formula is C12H17N3O5S. The van der Waals surface area contributed by atoms with Crippen molar-refractivity contribution in [2.45, 2.75) is 31.2 Å². The first kappa shape index (κ1) is 15.6. The Balaban J connectivity index is 2.11. The Hall–Kier alpha value is -1.77. The lowest BCUT2D eigenvalue weighted by atomic mass is 10.2. The highest BCUT2D eigenvalue weighted by atomic mass is 32.2. The third-order valence-corrected chi connectivity index (χ3v) is 4.79. The topological polar surface area (TPSA) is 107 Å². The molecule has 2 heterocycles. The molecule has 9 heteroatoms. The van der Waals surface area contributed by atoms with Gasteiger partial charge in [-0.3, -0.25) is 14.5 Å². The third-order valence-electron chi connectivity index (χ3n) is 3.43. The van der Waals surface area contributed by atoms with Crippen molar-refractivity contribution in [3.8, 4) is 0 Å². The van der Waals surface area contributed by atoms with Crippen LogP contribution in [0, 0.1) is 0 Å². The van der Waals surface area contributed by atoms with Gasteiger partial charge in [0.2, 0.25) is 5.91 Å². The van der Waals surface area contributed by atoms with E-state index in [0.717, 1.165) is 11.3 Å². The number of hydrogen-bond donors (Lipinski definition) is 2. The van der Waals surface area contributed by atoms with Gasteiger partial charge in [-0.25, -0.2) is 9.59 Å². The van der Waals surface area contributed by atoms with E-state index in [9.17, 15) is 24.3 Å². The molecule has 2 fully saturated rings. The highest BCUT2D eigenvalue weighted by Crippen LogP contribution is 2.32. The molecule has 116 valence electrons. The molecule has 2 aliphatic heterocycles. The molecule has 0 aliphatic carbocycles. The van der Waals surface area contributed by atoms with Crippen LogP contribution in [0.4, 0.5) is 4.79 Å². The number of thioether (sulfide) groups is 1.